The molecule has 7 nitrogen and oxygen atoms in total. The van der Waals surface area contributed by atoms with Crippen LogP contribution >= 0.6 is 0 Å². The van der Waals surface area contributed by atoms with Crippen LogP contribution in [0.2, 0.25) is 0 Å². The van der Waals surface area contributed by atoms with E-state index in [1.807, 2.05) is 0 Å². The van der Waals surface area contributed by atoms with Gasteiger partial charge < -0.3 is 9.73 Å². The van der Waals surface area contributed by atoms with Crippen LogP contribution in [0.4, 0.5) is 19.2 Å². The third-order valence-electron chi connectivity index (χ3n) is 5.12. The Hall–Kier alpha value is -1.88. The summed E-state index contributed by atoms with van der Waals surface area (Å²) in [6.45, 7) is 5.37. The summed E-state index contributed by atoms with van der Waals surface area (Å²) in [5, 5.41) is 3.11. The summed E-state index contributed by atoms with van der Waals surface area (Å²) in [5.74, 6) is 0.241. The first-order chi connectivity index (χ1) is 13.3. The molecule has 0 saturated heterocycles. The van der Waals surface area contributed by atoms with E-state index in [1.165, 1.54) is 0 Å². The molecule has 2 aromatic rings. The number of fused-ring (bicyclic) bond motifs is 1. The van der Waals surface area contributed by atoms with Gasteiger partial charge in [-0.2, -0.15) is 18.2 Å². The SMILES string of the molecule is CC(C)(C)S(=O)(=O)NCC1CCC(Nc2nc3cc(C(F)(F)F)cnc3o2)CC1. The maximum atomic E-state index is 12.8. The fourth-order valence-electron chi connectivity index (χ4n) is 3.17. The molecule has 1 aliphatic rings. The van der Waals surface area contributed by atoms with Crippen molar-refractivity contribution < 1.29 is 26.0 Å². The number of rotatable bonds is 5. The zero-order valence-corrected chi connectivity index (χ0v) is 17.3. The van der Waals surface area contributed by atoms with Crippen LogP contribution in [-0.2, 0) is 16.2 Å². The molecular weight excluding hydrogens is 409 g/mol. The van der Waals surface area contributed by atoms with Crippen molar-refractivity contribution in [1.29, 1.82) is 0 Å². The lowest BCUT2D eigenvalue weighted by molar-refractivity contribution is -0.137. The molecule has 1 fully saturated rings. The molecule has 0 aromatic carbocycles. The molecule has 3 rings (SSSR count). The molecule has 1 saturated carbocycles. The molecule has 0 aliphatic heterocycles. The standard InChI is InChI=1S/C18H25F3N4O3S/c1-17(2,3)29(26,27)23-9-11-4-6-13(7-5-11)24-16-25-14-8-12(18(19,20)21)10-22-15(14)28-16/h8,10-11,13,23H,4-7,9H2,1-3H3,(H,24,25). The van der Waals surface area contributed by atoms with Gasteiger partial charge in [0, 0.05) is 18.8 Å². The molecule has 0 unspecified atom stereocenters. The van der Waals surface area contributed by atoms with Crippen LogP contribution in [0, 0.1) is 5.92 Å². The van der Waals surface area contributed by atoms with E-state index < -0.39 is 26.5 Å². The summed E-state index contributed by atoms with van der Waals surface area (Å²) in [6, 6.07) is 1.11. The highest BCUT2D eigenvalue weighted by atomic mass is 32.2. The summed E-state index contributed by atoms with van der Waals surface area (Å²) in [5.41, 5.74) is -0.776. The Balaban J connectivity index is 1.54. The van der Waals surface area contributed by atoms with Gasteiger partial charge in [0.2, 0.25) is 15.7 Å². The molecule has 1 aliphatic carbocycles. The lowest BCUT2D eigenvalue weighted by Crippen LogP contribution is -2.42. The molecule has 2 aromatic heterocycles. The van der Waals surface area contributed by atoms with Gasteiger partial charge in [-0.1, -0.05) is 0 Å². The number of oxazole rings is 1. The van der Waals surface area contributed by atoms with Crippen LogP contribution in [0.5, 0.6) is 0 Å². The molecule has 2 heterocycles. The minimum absolute atomic E-state index is 0.0470. The van der Waals surface area contributed by atoms with Crippen LogP contribution in [0.25, 0.3) is 11.2 Å². The highest BCUT2D eigenvalue weighted by Gasteiger charge is 2.32. The maximum absolute atomic E-state index is 12.8. The van der Waals surface area contributed by atoms with Gasteiger partial charge in [0.1, 0.15) is 5.52 Å². The first-order valence-corrected chi connectivity index (χ1v) is 10.9. The molecule has 162 valence electrons. The Labute approximate surface area is 167 Å². The number of aromatic nitrogens is 2. The van der Waals surface area contributed by atoms with E-state index >= 15 is 0 Å². The second-order valence-electron chi connectivity index (χ2n) is 8.39. The van der Waals surface area contributed by atoms with E-state index in [-0.39, 0.29) is 29.2 Å². The van der Waals surface area contributed by atoms with Gasteiger partial charge in [-0.15, -0.1) is 0 Å². The number of sulfonamides is 1. The van der Waals surface area contributed by atoms with Crippen molar-refractivity contribution in [1.82, 2.24) is 14.7 Å². The number of pyridine rings is 1. The van der Waals surface area contributed by atoms with Crippen molar-refractivity contribution in [3.8, 4) is 0 Å². The minimum Gasteiger partial charge on any atom is -0.404 e. The van der Waals surface area contributed by atoms with Crippen molar-refractivity contribution >= 4 is 27.3 Å². The molecule has 0 spiro atoms. The van der Waals surface area contributed by atoms with Crippen LogP contribution in [0.3, 0.4) is 0 Å². The second-order valence-corrected chi connectivity index (χ2v) is 10.9. The van der Waals surface area contributed by atoms with Gasteiger partial charge >= 0.3 is 6.18 Å². The topological polar surface area (TPSA) is 97.1 Å². The number of halogens is 3. The summed E-state index contributed by atoms with van der Waals surface area (Å²) < 4.78 is 69.9. The molecule has 0 bridgehead atoms. The third kappa shape index (κ3) is 5.19. The van der Waals surface area contributed by atoms with E-state index in [0.29, 0.717) is 6.54 Å². The maximum Gasteiger partial charge on any atom is 0.417 e. The van der Waals surface area contributed by atoms with Crippen molar-refractivity contribution in [3.05, 3.63) is 17.8 Å². The summed E-state index contributed by atoms with van der Waals surface area (Å²) in [4.78, 5) is 7.75. The first kappa shape index (κ1) is 21.8. The van der Waals surface area contributed by atoms with Gasteiger partial charge in [-0.25, -0.2) is 18.1 Å². The fourth-order valence-corrected chi connectivity index (χ4v) is 4.06. The quantitative estimate of drug-likeness (QED) is 0.740. The second kappa shape index (κ2) is 7.75. The lowest BCUT2D eigenvalue weighted by Gasteiger charge is -2.29. The molecule has 29 heavy (non-hydrogen) atoms. The predicted molar refractivity (Wildman–Crippen MR) is 103 cm³/mol. The number of hydrogen-bond donors (Lipinski definition) is 2. The zero-order chi connectivity index (χ0) is 21.4. The highest BCUT2D eigenvalue weighted by Crippen LogP contribution is 2.32. The van der Waals surface area contributed by atoms with Gasteiger partial charge in [0.15, 0.2) is 0 Å². The van der Waals surface area contributed by atoms with Crippen molar-refractivity contribution in [2.75, 3.05) is 11.9 Å². The summed E-state index contributed by atoms with van der Waals surface area (Å²) in [6.07, 6.45) is -0.562. The molecular formula is C18H25F3N4O3S. The molecule has 0 amide bonds. The zero-order valence-electron chi connectivity index (χ0n) is 16.5. The van der Waals surface area contributed by atoms with Crippen LogP contribution in [0.15, 0.2) is 16.7 Å². The smallest absolute Gasteiger partial charge is 0.404 e. The number of anilines is 1. The van der Waals surface area contributed by atoms with Crippen LogP contribution < -0.4 is 10.0 Å². The number of hydrogen-bond acceptors (Lipinski definition) is 6. The number of nitrogens with zero attached hydrogens (tertiary/aromatic N) is 2. The van der Waals surface area contributed by atoms with Crippen molar-refractivity contribution in [2.45, 2.75) is 63.4 Å². The van der Waals surface area contributed by atoms with Crippen molar-refractivity contribution in [2.24, 2.45) is 5.92 Å². The van der Waals surface area contributed by atoms with Crippen LogP contribution in [0.1, 0.15) is 52.0 Å². The normalized spacial score (nSPS) is 21.4. The highest BCUT2D eigenvalue weighted by molar-refractivity contribution is 7.90. The first-order valence-electron chi connectivity index (χ1n) is 9.45. The average molecular weight is 434 g/mol. The average Bonchev–Trinajstić information content (AvgIpc) is 3.01. The van der Waals surface area contributed by atoms with E-state index in [4.69, 9.17) is 4.42 Å². The van der Waals surface area contributed by atoms with Crippen LogP contribution in [-0.4, -0.2) is 35.7 Å². The van der Waals surface area contributed by atoms with E-state index in [0.717, 1.165) is 37.9 Å². The van der Waals surface area contributed by atoms with Crippen molar-refractivity contribution in [3.63, 3.8) is 0 Å². The lowest BCUT2D eigenvalue weighted by atomic mass is 9.86. The predicted octanol–water partition coefficient (Wildman–Crippen LogP) is 3.93. The molecule has 0 atom stereocenters. The Morgan fingerprint density at radius 1 is 1.17 bits per heavy atom. The fraction of sp³-hybridized carbons (Fsp3) is 0.667. The van der Waals surface area contributed by atoms with Gasteiger partial charge in [0.05, 0.1) is 10.3 Å². The largest absolute Gasteiger partial charge is 0.417 e. The number of nitrogens with one attached hydrogen (secondary N) is 2. The Morgan fingerprint density at radius 2 is 1.83 bits per heavy atom. The Morgan fingerprint density at radius 3 is 2.41 bits per heavy atom. The Bertz CT molecular complexity index is 959. The van der Waals surface area contributed by atoms with Gasteiger partial charge in [0.25, 0.3) is 6.01 Å². The van der Waals surface area contributed by atoms with Gasteiger partial charge in [-0.3, -0.25) is 0 Å². The van der Waals surface area contributed by atoms with Gasteiger partial charge in [-0.05, 0) is 58.4 Å². The molecule has 2 N–H and O–H groups in total. The van der Waals surface area contributed by atoms with E-state index in [2.05, 4.69) is 20.0 Å². The molecule has 11 heteroatoms. The summed E-state index contributed by atoms with van der Waals surface area (Å²) >= 11 is 0. The number of alkyl halides is 3. The Kier molecular flexibility index (Phi) is 5.83. The van der Waals surface area contributed by atoms with E-state index in [9.17, 15) is 21.6 Å². The molecule has 0 radical (unpaired) electrons. The van der Waals surface area contributed by atoms with E-state index in [1.54, 1.807) is 20.8 Å². The third-order valence-corrected chi connectivity index (χ3v) is 7.28. The monoisotopic (exact) mass is 434 g/mol. The minimum atomic E-state index is -4.49. The summed E-state index contributed by atoms with van der Waals surface area (Å²) in [7, 11) is -3.37.